The van der Waals surface area contributed by atoms with Crippen molar-refractivity contribution in [1.29, 1.82) is 0 Å². The van der Waals surface area contributed by atoms with Crippen molar-refractivity contribution in [3.8, 4) is 0 Å². The molecule has 0 aliphatic heterocycles. The number of rotatable bonds is 7. The average molecular weight is 343 g/mol. The lowest BCUT2D eigenvalue weighted by Crippen LogP contribution is -2.26. The minimum Gasteiger partial charge on any atom is -0.481 e. The maximum Gasteiger partial charge on any atom is 0.303 e. The smallest absolute Gasteiger partial charge is 0.303 e. The van der Waals surface area contributed by atoms with E-state index in [1.54, 1.807) is 18.2 Å². The first-order valence-electron chi connectivity index (χ1n) is 6.45. The van der Waals surface area contributed by atoms with Gasteiger partial charge in [0.1, 0.15) is 0 Å². The fraction of sp³-hybridized carbons (Fsp3) is 0.429. The third-order valence-electron chi connectivity index (χ3n) is 3.03. The van der Waals surface area contributed by atoms with Crippen LogP contribution in [-0.2, 0) is 4.79 Å². The molecule has 0 bridgehead atoms. The zero-order chi connectivity index (χ0) is 15.1. The highest BCUT2D eigenvalue weighted by atomic mass is 79.9. The van der Waals surface area contributed by atoms with E-state index in [0.717, 1.165) is 10.9 Å². The molecule has 1 atom stereocenters. The summed E-state index contributed by atoms with van der Waals surface area (Å²) < 4.78 is 0.828. The van der Waals surface area contributed by atoms with Crippen LogP contribution in [0.5, 0.6) is 0 Å². The number of hydrogen-bond donors (Lipinski definition) is 3. The molecule has 4 N–H and O–H groups in total. The number of benzene rings is 1. The molecule has 0 radical (unpaired) electrons. The number of aliphatic carboxylic acids is 1. The molecule has 110 valence electrons. The van der Waals surface area contributed by atoms with Gasteiger partial charge in [0.05, 0.1) is 5.56 Å². The second kappa shape index (κ2) is 7.89. The summed E-state index contributed by atoms with van der Waals surface area (Å²) in [4.78, 5) is 22.4. The van der Waals surface area contributed by atoms with E-state index in [-0.39, 0.29) is 18.2 Å². The first kappa shape index (κ1) is 16.5. The van der Waals surface area contributed by atoms with E-state index < -0.39 is 5.97 Å². The van der Waals surface area contributed by atoms with Crippen molar-refractivity contribution in [2.45, 2.75) is 26.2 Å². The van der Waals surface area contributed by atoms with Crippen LogP contribution in [0.3, 0.4) is 0 Å². The lowest BCUT2D eigenvalue weighted by Gasteiger charge is -2.11. The summed E-state index contributed by atoms with van der Waals surface area (Å²) in [6.07, 6.45) is 1.52. The number of hydrogen-bond acceptors (Lipinski definition) is 3. The van der Waals surface area contributed by atoms with Crippen molar-refractivity contribution >= 4 is 33.5 Å². The van der Waals surface area contributed by atoms with E-state index in [9.17, 15) is 9.59 Å². The predicted molar refractivity (Wildman–Crippen MR) is 81.5 cm³/mol. The maximum atomic E-state index is 11.9. The van der Waals surface area contributed by atoms with Crippen molar-refractivity contribution in [3.05, 3.63) is 28.2 Å². The van der Waals surface area contributed by atoms with Gasteiger partial charge in [0, 0.05) is 23.1 Å². The van der Waals surface area contributed by atoms with E-state index in [1.807, 2.05) is 6.92 Å². The highest BCUT2D eigenvalue weighted by Crippen LogP contribution is 2.18. The molecule has 1 rings (SSSR count). The normalized spacial score (nSPS) is 11.9. The van der Waals surface area contributed by atoms with Gasteiger partial charge in [0.15, 0.2) is 0 Å². The highest BCUT2D eigenvalue weighted by molar-refractivity contribution is 9.10. The zero-order valence-electron chi connectivity index (χ0n) is 11.4. The van der Waals surface area contributed by atoms with Gasteiger partial charge in [0.2, 0.25) is 0 Å². The molecule has 0 heterocycles. The van der Waals surface area contributed by atoms with Gasteiger partial charge in [-0.1, -0.05) is 22.9 Å². The number of carboxylic acids is 1. The monoisotopic (exact) mass is 342 g/mol. The zero-order valence-corrected chi connectivity index (χ0v) is 12.9. The second-order valence-corrected chi connectivity index (χ2v) is 5.73. The van der Waals surface area contributed by atoms with Crippen LogP contribution < -0.4 is 11.1 Å². The Kier molecular flexibility index (Phi) is 6.51. The standard InChI is InChI=1S/C14H19BrN2O3/c1-9(2-5-13(18)19)6-7-17-14(20)11-4-3-10(15)8-12(11)16/h3-4,8-9H,2,5-7,16H2,1H3,(H,17,20)(H,18,19). The van der Waals surface area contributed by atoms with Gasteiger partial charge in [-0.3, -0.25) is 9.59 Å². The molecular weight excluding hydrogens is 324 g/mol. The van der Waals surface area contributed by atoms with Crippen LogP contribution >= 0.6 is 15.9 Å². The van der Waals surface area contributed by atoms with E-state index in [0.29, 0.717) is 24.2 Å². The molecule has 0 aromatic heterocycles. The van der Waals surface area contributed by atoms with E-state index in [1.165, 1.54) is 0 Å². The first-order chi connectivity index (χ1) is 9.40. The van der Waals surface area contributed by atoms with Crippen molar-refractivity contribution in [1.82, 2.24) is 5.32 Å². The molecule has 1 aromatic carbocycles. The molecule has 0 saturated carbocycles. The summed E-state index contributed by atoms with van der Waals surface area (Å²) in [6.45, 7) is 2.48. The fourth-order valence-electron chi connectivity index (χ4n) is 1.78. The van der Waals surface area contributed by atoms with E-state index >= 15 is 0 Å². The summed E-state index contributed by atoms with van der Waals surface area (Å²) in [5, 5.41) is 11.4. The summed E-state index contributed by atoms with van der Waals surface area (Å²) >= 11 is 3.29. The molecule has 20 heavy (non-hydrogen) atoms. The lowest BCUT2D eigenvalue weighted by atomic mass is 10.0. The van der Waals surface area contributed by atoms with E-state index in [2.05, 4.69) is 21.2 Å². The third-order valence-corrected chi connectivity index (χ3v) is 3.53. The summed E-state index contributed by atoms with van der Waals surface area (Å²) in [5.41, 5.74) is 6.66. The van der Waals surface area contributed by atoms with Gasteiger partial charge in [-0.25, -0.2) is 0 Å². The SMILES string of the molecule is CC(CCNC(=O)c1ccc(Br)cc1N)CCC(=O)O. The molecule has 5 nitrogen and oxygen atoms in total. The number of nitrogens with two attached hydrogens (primary N) is 1. The van der Waals surface area contributed by atoms with Crippen LogP contribution in [0.25, 0.3) is 0 Å². The number of halogens is 1. The number of carboxylic acid groups (broad SMARTS) is 1. The predicted octanol–water partition coefficient (Wildman–Crippen LogP) is 2.65. The summed E-state index contributed by atoms with van der Waals surface area (Å²) in [5.74, 6) is -0.738. The summed E-state index contributed by atoms with van der Waals surface area (Å²) in [6, 6.07) is 5.12. The molecule has 1 aromatic rings. The minimum absolute atomic E-state index is 0.161. The fourth-order valence-corrected chi connectivity index (χ4v) is 2.16. The number of nitrogen functional groups attached to an aromatic ring is 1. The van der Waals surface area contributed by atoms with Gasteiger partial charge in [-0.2, -0.15) is 0 Å². The second-order valence-electron chi connectivity index (χ2n) is 4.81. The Bertz CT molecular complexity index is 491. The van der Waals surface area contributed by atoms with Gasteiger partial charge in [0.25, 0.3) is 5.91 Å². The Balaban J connectivity index is 2.38. The molecule has 0 saturated heterocycles. The van der Waals surface area contributed by atoms with Crippen molar-refractivity contribution in [2.24, 2.45) is 5.92 Å². The third kappa shape index (κ3) is 5.61. The maximum absolute atomic E-state index is 11.9. The van der Waals surface area contributed by atoms with Crippen LogP contribution in [0.15, 0.2) is 22.7 Å². The number of amides is 1. The van der Waals surface area contributed by atoms with Crippen molar-refractivity contribution < 1.29 is 14.7 Å². The van der Waals surface area contributed by atoms with Gasteiger partial charge < -0.3 is 16.2 Å². The number of carbonyl (C=O) groups excluding carboxylic acids is 1. The largest absolute Gasteiger partial charge is 0.481 e. The molecule has 0 spiro atoms. The lowest BCUT2D eigenvalue weighted by molar-refractivity contribution is -0.137. The molecule has 6 heteroatoms. The van der Waals surface area contributed by atoms with Crippen LogP contribution in [0.4, 0.5) is 5.69 Å². The van der Waals surface area contributed by atoms with E-state index in [4.69, 9.17) is 10.8 Å². The van der Waals surface area contributed by atoms with Gasteiger partial charge >= 0.3 is 5.97 Å². The molecule has 1 amide bonds. The Morgan fingerprint density at radius 2 is 2.10 bits per heavy atom. The Hall–Kier alpha value is -1.56. The number of anilines is 1. The van der Waals surface area contributed by atoms with Crippen LogP contribution in [0.1, 0.15) is 36.5 Å². The molecule has 0 aliphatic carbocycles. The molecule has 0 aliphatic rings. The van der Waals surface area contributed by atoms with Crippen LogP contribution in [-0.4, -0.2) is 23.5 Å². The minimum atomic E-state index is -0.788. The molecular formula is C14H19BrN2O3. The number of carbonyl (C=O) groups is 2. The molecule has 1 unspecified atom stereocenters. The molecule has 0 fully saturated rings. The highest BCUT2D eigenvalue weighted by Gasteiger charge is 2.10. The van der Waals surface area contributed by atoms with Gasteiger partial charge in [-0.15, -0.1) is 0 Å². The van der Waals surface area contributed by atoms with Crippen molar-refractivity contribution in [2.75, 3.05) is 12.3 Å². The average Bonchev–Trinajstić information content (AvgIpc) is 2.36. The Morgan fingerprint density at radius 1 is 1.40 bits per heavy atom. The quantitative estimate of drug-likeness (QED) is 0.664. The van der Waals surface area contributed by atoms with Crippen LogP contribution in [0, 0.1) is 5.92 Å². The first-order valence-corrected chi connectivity index (χ1v) is 7.24. The van der Waals surface area contributed by atoms with Crippen LogP contribution in [0.2, 0.25) is 0 Å². The Morgan fingerprint density at radius 3 is 2.70 bits per heavy atom. The van der Waals surface area contributed by atoms with Gasteiger partial charge in [-0.05, 0) is 37.0 Å². The Labute approximate surface area is 126 Å². The topological polar surface area (TPSA) is 92.4 Å². The number of nitrogens with one attached hydrogen (secondary N) is 1. The van der Waals surface area contributed by atoms with Crippen molar-refractivity contribution in [3.63, 3.8) is 0 Å². The summed E-state index contributed by atoms with van der Waals surface area (Å²) in [7, 11) is 0.